The standard InChI is InChI=1S/C19H18ClFN4O4/c1-22-17-5-3-13(25(28)29)11-15(17)19(27)24-8-6-23(7-9-24)18(26)14-4-2-12(21)10-16(14)20/h2-5,10-11,22H,6-9H2,1H3. The van der Waals surface area contributed by atoms with Gasteiger partial charge in [0, 0.05) is 51.0 Å². The fourth-order valence-electron chi connectivity index (χ4n) is 3.16. The van der Waals surface area contributed by atoms with Gasteiger partial charge in [0.1, 0.15) is 5.82 Å². The molecule has 1 heterocycles. The van der Waals surface area contributed by atoms with Crippen LogP contribution in [0.5, 0.6) is 0 Å². The van der Waals surface area contributed by atoms with Gasteiger partial charge in [0.2, 0.25) is 0 Å². The highest BCUT2D eigenvalue weighted by molar-refractivity contribution is 6.33. The number of hydrogen-bond donors (Lipinski definition) is 1. The van der Waals surface area contributed by atoms with Crippen LogP contribution in [0.1, 0.15) is 20.7 Å². The fraction of sp³-hybridized carbons (Fsp3) is 0.263. The number of hydrogen-bond acceptors (Lipinski definition) is 5. The normalized spacial score (nSPS) is 13.9. The maximum atomic E-state index is 13.2. The topological polar surface area (TPSA) is 95.8 Å². The minimum atomic E-state index is -0.556. The minimum Gasteiger partial charge on any atom is -0.387 e. The van der Waals surface area contributed by atoms with Crippen LogP contribution in [0.25, 0.3) is 0 Å². The molecule has 10 heteroatoms. The zero-order valence-corrected chi connectivity index (χ0v) is 16.3. The minimum absolute atomic E-state index is 0.0313. The number of nitro benzene ring substituents is 1. The molecule has 0 aliphatic carbocycles. The molecule has 29 heavy (non-hydrogen) atoms. The summed E-state index contributed by atoms with van der Waals surface area (Å²) in [4.78, 5) is 39.1. The van der Waals surface area contributed by atoms with Crippen molar-refractivity contribution in [3.05, 3.63) is 68.5 Å². The van der Waals surface area contributed by atoms with Gasteiger partial charge in [0.05, 0.1) is 21.1 Å². The first-order chi connectivity index (χ1) is 13.8. The molecule has 0 aromatic heterocycles. The molecule has 0 spiro atoms. The monoisotopic (exact) mass is 420 g/mol. The van der Waals surface area contributed by atoms with Gasteiger partial charge >= 0.3 is 0 Å². The number of nitrogens with one attached hydrogen (secondary N) is 1. The number of halogens is 2. The molecular weight excluding hydrogens is 403 g/mol. The molecule has 1 aliphatic rings. The van der Waals surface area contributed by atoms with E-state index in [1.165, 1.54) is 40.1 Å². The lowest BCUT2D eigenvalue weighted by atomic mass is 10.1. The summed E-state index contributed by atoms with van der Waals surface area (Å²) in [7, 11) is 1.63. The number of benzene rings is 2. The Bertz CT molecular complexity index is 977. The number of carbonyl (C=O) groups excluding carboxylic acids is 2. The van der Waals surface area contributed by atoms with Gasteiger partial charge in [0.25, 0.3) is 17.5 Å². The predicted octanol–water partition coefficient (Wildman–Crippen LogP) is 3.03. The molecule has 0 bridgehead atoms. The Morgan fingerprint density at radius 2 is 1.62 bits per heavy atom. The van der Waals surface area contributed by atoms with E-state index in [9.17, 15) is 24.1 Å². The summed E-state index contributed by atoms with van der Waals surface area (Å²) in [5.74, 6) is -1.22. The molecule has 2 aromatic carbocycles. The lowest BCUT2D eigenvalue weighted by Crippen LogP contribution is -2.50. The Morgan fingerprint density at radius 1 is 1.03 bits per heavy atom. The molecule has 152 valence electrons. The van der Waals surface area contributed by atoms with Crippen molar-refractivity contribution in [2.45, 2.75) is 0 Å². The second-order valence-corrected chi connectivity index (χ2v) is 6.85. The molecular formula is C19H18ClFN4O4. The number of nitro groups is 1. The van der Waals surface area contributed by atoms with Crippen LogP contribution in [0.4, 0.5) is 15.8 Å². The van der Waals surface area contributed by atoms with Gasteiger partial charge in [-0.25, -0.2) is 4.39 Å². The number of carbonyl (C=O) groups is 2. The predicted molar refractivity (Wildman–Crippen MR) is 106 cm³/mol. The van der Waals surface area contributed by atoms with Crippen molar-refractivity contribution >= 4 is 34.8 Å². The van der Waals surface area contributed by atoms with Crippen molar-refractivity contribution < 1.29 is 18.9 Å². The summed E-state index contributed by atoms with van der Waals surface area (Å²) in [6.45, 7) is 1.05. The molecule has 0 unspecified atom stereocenters. The molecule has 0 saturated carbocycles. The highest BCUT2D eigenvalue weighted by Crippen LogP contribution is 2.24. The number of amides is 2. The third kappa shape index (κ3) is 4.29. The average molecular weight is 421 g/mol. The zero-order valence-electron chi connectivity index (χ0n) is 15.5. The van der Waals surface area contributed by atoms with Crippen LogP contribution < -0.4 is 5.32 Å². The Labute approximate surface area is 171 Å². The van der Waals surface area contributed by atoms with Crippen molar-refractivity contribution in [2.24, 2.45) is 0 Å². The number of rotatable bonds is 4. The van der Waals surface area contributed by atoms with Crippen molar-refractivity contribution in [3.63, 3.8) is 0 Å². The Kier molecular flexibility index (Phi) is 5.97. The maximum Gasteiger partial charge on any atom is 0.270 e. The smallest absolute Gasteiger partial charge is 0.270 e. The second kappa shape index (κ2) is 8.44. The highest BCUT2D eigenvalue weighted by Gasteiger charge is 2.28. The summed E-state index contributed by atoms with van der Waals surface area (Å²) < 4.78 is 13.2. The molecule has 2 amide bonds. The van der Waals surface area contributed by atoms with Crippen molar-refractivity contribution in [1.29, 1.82) is 0 Å². The summed E-state index contributed by atoms with van der Waals surface area (Å²) in [5.41, 5.74) is 0.705. The van der Waals surface area contributed by atoms with E-state index in [1.54, 1.807) is 7.05 Å². The largest absolute Gasteiger partial charge is 0.387 e. The zero-order chi connectivity index (χ0) is 21.1. The number of nitrogens with zero attached hydrogens (tertiary/aromatic N) is 3. The van der Waals surface area contributed by atoms with E-state index in [0.29, 0.717) is 5.69 Å². The van der Waals surface area contributed by atoms with E-state index in [4.69, 9.17) is 11.6 Å². The summed E-state index contributed by atoms with van der Waals surface area (Å²) in [5, 5.41) is 13.9. The van der Waals surface area contributed by atoms with E-state index < -0.39 is 10.7 Å². The summed E-state index contributed by atoms with van der Waals surface area (Å²) >= 11 is 5.96. The van der Waals surface area contributed by atoms with E-state index in [-0.39, 0.29) is 59.8 Å². The molecule has 1 N–H and O–H groups in total. The molecule has 0 atom stereocenters. The van der Waals surface area contributed by atoms with E-state index in [2.05, 4.69) is 5.32 Å². The first kappa shape index (κ1) is 20.5. The van der Waals surface area contributed by atoms with Crippen LogP contribution in [0.2, 0.25) is 5.02 Å². The van der Waals surface area contributed by atoms with Crippen LogP contribution in [-0.2, 0) is 0 Å². The van der Waals surface area contributed by atoms with Crippen LogP contribution >= 0.6 is 11.6 Å². The maximum absolute atomic E-state index is 13.2. The molecule has 1 saturated heterocycles. The molecule has 0 radical (unpaired) electrons. The van der Waals surface area contributed by atoms with Crippen LogP contribution in [-0.4, -0.2) is 59.8 Å². The molecule has 1 aliphatic heterocycles. The third-order valence-corrected chi connectivity index (χ3v) is 5.04. The number of non-ortho nitro benzene ring substituents is 1. The Hall–Kier alpha value is -3.20. The molecule has 3 rings (SSSR count). The quantitative estimate of drug-likeness (QED) is 0.606. The van der Waals surface area contributed by atoms with Crippen molar-refractivity contribution in [3.8, 4) is 0 Å². The van der Waals surface area contributed by atoms with Gasteiger partial charge in [-0.2, -0.15) is 0 Å². The second-order valence-electron chi connectivity index (χ2n) is 6.45. The Balaban J connectivity index is 1.72. The Morgan fingerprint density at radius 3 is 2.14 bits per heavy atom. The van der Waals surface area contributed by atoms with Gasteiger partial charge in [0.15, 0.2) is 0 Å². The van der Waals surface area contributed by atoms with Crippen LogP contribution in [0.15, 0.2) is 36.4 Å². The van der Waals surface area contributed by atoms with Gasteiger partial charge < -0.3 is 15.1 Å². The van der Waals surface area contributed by atoms with Crippen molar-refractivity contribution in [2.75, 3.05) is 38.5 Å². The average Bonchev–Trinajstić information content (AvgIpc) is 2.72. The molecule has 8 nitrogen and oxygen atoms in total. The first-order valence-corrected chi connectivity index (χ1v) is 9.19. The SMILES string of the molecule is CNc1ccc([N+](=O)[O-])cc1C(=O)N1CCN(C(=O)c2ccc(F)cc2Cl)CC1. The molecule has 2 aromatic rings. The summed E-state index contributed by atoms with van der Waals surface area (Å²) in [6, 6.07) is 7.63. The van der Waals surface area contributed by atoms with Crippen LogP contribution in [0.3, 0.4) is 0 Å². The molecule has 1 fully saturated rings. The third-order valence-electron chi connectivity index (χ3n) is 4.73. The number of piperazine rings is 1. The summed E-state index contributed by atoms with van der Waals surface area (Å²) in [6.07, 6.45) is 0. The first-order valence-electron chi connectivity index (χ1n) is 8.81. The van der Waals surface area contributed by atoms with Gasteiger partial charge in [-0.15, -0.1) is 0 Å². The van der Waals surface area contributed by atoms with Crippen molar-refractivity contribution in [1.82, 2.24) is 9.80 Å². The van der Waals surface area contributed by atoms with Gasteiger partial charge in [-0.05, 0) is 24.3 Å². The fourth-order valence-corrected chi connectivity index (χ4v) is 3.41. The highest BCUT2D eigenvalue weighted by atomic mass is 35.5. The number of anilines is 1. The van der Waals surface area contributed by atoms with E-state index in [0.717, 1.165) is 6.07 Å². The van der Waals surface area contributed by atoms with Crippen LogP contribution in [0, 0.1) is 15.9 Å². The lowest BCUT2D eigenvalue weighted by molar-refractivity contribution is -0.384. The lowest BCUT2D eigenvalue weighted by Gasteiger charge is -2.35. The van der Waals surface area contributed by atoms with E-state index >= 15 is 0 Å². The van der Waals surface area contributed by atoms with Gasteiger partial charge in [-0.3, -0.25) is 19.7 Å². The van der Waals surface area contributed by atoms with Gasteiger partial charge in [-0.1, -0.05) is 11.6 Å². The van der Waals surface area contributed by atoms with E-state index in [1.807, 2.05) is 0 Å².